The minimum absolute atomic E-state index is 0.00245. The largest absolute Gasteiger partial charge is 0.445 e. The van der Waals surface area contributed by atoms with Crippen molar-refractivity contribution in [1.82, 2.24) is 14.7 Å². The molecule has 2 aromatic carbocycles. The second-order valence-corrected chi connectivity index (χ2v) is 12.3. The van der Waals surface area contributed by atoms with Crippen LogP contribution < -0.4 is 0 Å². The van der Waals surface area contributed by atoms with Gasteiger partial charge in [0.2, 0.25) is 5.91 Å². The molecular weight excluding hydrogens is 560 g/mol. The van der Waals surface area contributed by atoms with E-state index in [9.17, 15) is 19.7 Å². The highest BCUT2D eigenvalue weighted by molar-refractivity contribution is 5.79. The molecule has 0 aromatic heterocycles. The number of amides is 2. The first-order valence-electron chi connectivity index (χ1n) is 15.7. The van der Waals surface area contributed by atoms with E-state index < -0.39 is 16.6 Å². The molecule has 10 nitrogen and oxygen atoms in total. The zero-order valence-electron chi connectivity index (χ0n) is 25.6. The van der Waals surface area contributed by atoms with Crippen LogP contribution in [-0.2, 0) is 26.5 Å². The molecule has 2 saturated heterocycles. The van der Waals surface area contributed by atoms with Crippen LogP contribution in [0.2, 0.25) is 0 Å². The van der Waals surface area contributed by atoms with Gasteiger partial charge in [-0.05, 0) is 48.9 Å². The van der Waals surface area contributed by atoms with E-state index in [-0.39, 0.29) is 36.1 Å². The number of nitrogens with zero attached hydrogens (tertiary/aromatic N) is 4. The van der Waals surface area contributed by atoms with Crippen LogP contribution in [0.3, 0.4) is 0 Å². The van der Waals surface area contributed by atoms with E-state index in [0.717, 1.165) is 63.7 Å². The number of ether oxygens (including phenoxy) is 2. The molecular formula is C34H44N4O6. The van der Waals surface area contributed by atoms with E-state index in [1.54, 1.807) is 30.2 Å². The Morgan fingerprint density at radius 2 is 1.75 bits per heavy atom. The average Bonchev–Trinajstić information content (AvgIpc) is 3.73. The Morgan fingerprint density at radius 1 is 1.07 bits per heavy atom. The highest BCUT2D eigenvalue weighted by Crippen LogP contribution is 2.42. The third-order valence-electron chi connectivity index (χ3n) is 9.71. The Bertz CT molecular complexity index is 1290. The number of methoxy groups -OCH3 is 1. The molecule has 0 unspecified atom stereocenters. The fraction of sp³-hybridized carbons (Fsp3) is 0.529. The second kappa shape index (κ2) is 14.3. The summed E-state index contributed by atoms with van der Waals surface area (Å²) in [5.74, 6) is 0.520. The standard InChI is InChI=1S/C34H44N4O6/c1-3-19-37(33(40)44-24-26-13-15-31(16-14-26)38(41)42)30-17-20-35(21-18-30)22-29-23-36(32(39)27-9-7-8-10-27)25-34(29,43-2)28-11-5-4-6-12-28/h3-6,11-16,27,29-30H,1,7-10,17-25H2,2H3/t29-,34-/m0/s1. The van der Waals surface area contributed by atoms with Gasteiger partial charge in [0.25, 0.3) is 5.69 Å². The Kier molecular flexibility index (Phi) is 10.3. The van der Waals surface area contributed by atoms with Crippen molar-refractivity contribution in [2.45, 2.75) is 56.8 Å². The first-order valence-corrected chi connectivity index (χ1v) is 15.7. The molecule has 2 aromatic rings. The summed E-state index contributed by atoms with van der Waals surface area (Å²) in [6.07, 6.45) is 7.11. The Labute approximate surface area is 259 Å². The summed E-state index contributed by atoms with van der Waals surface area (Å²) in [4.78, 5) is 43.3. The SMILES string of the molecule is C=CCN(C(=O)OCc1ccc([N+](=O)[O-])cc1)C1CCN(C[C@H]2CN(C(=O)C3CCCC3)C[C@]2(OC)c2ccccc2)CC1. The van der Waals surface area contributed by atoms with Gasteiger partial charge in [0, 0.05) is 69.8 Å². The number of piperidine rings is 1. The first kappa shape index (κ1) is 31.7. The van der Waals surface area contributed by atoms with E-state index in [4.69, 9.17) is 9.47 Å². The molecule has 0 radical (unpaired) electrons. The summed E-state index contributed by atoms with van der Waals surface area (Å²) >= 11 is 0. The van der Waals surface area contributed by atoms with E-state index in [0.29, 0.717) is 25.2 Å². The Morgan fingerprint density at radius 3 is 2.36 bits per heavy atom. The van der Waals surface area contributed by atoms with Gasteiger partial charge in [-0.1, -0.05) is 49.2 Å². The molecule has 44 heavy (non-hydrogen) atoms. The molecule has 1 saturated carbocycles. The van der Waals surface area contributed by atoms with Crippen molar-refractivity contribution < 1.29 is 24.0 Å². The number of carbonyl (C=O) groups is 2. The predicted molar refractivity (Wildman–Crippen MR) is 167 cm³/mol. The number of nitro groups is 1. The third kappa shape index (κ3) is 6.97. The van der Waals surface area contributed by atoms with Gasteiger partial charge in [-0.3, -0.25) is 14.9 Å². The number of hydrogen-bond donors (Lipinski definition) is 0. The third-order valence-corrected chi connectivity index (χ3v) is 9.71. The van der Waals surface area contributed by atoms with Crippen molar-refractivity contribution in [3.05, 3.63) is 88.5 Å². The second-order valence-electron chi connectivity index (χ2n) is 12.3. The predicted octanol–water partition coefficient (Wildman–Crippen LogP) is 5.37. The van der Waals surface area contributed by atoms with E-state index in [2.05, 4.69) is 28.5 Å². The minimum atomic E-state index is -0.567. The van der Waals surface area contributed by atoms with Crippen molar-refractivity contribution in [2.75, 3.05) is 46.4 Å². The highest BCUT2D eigenvalue weighted by Gasteiger charge is 2.51. The number of benzene rings is 2. The van der Waals surface area contributed by atoms with E-state index >= 15 is 0 Å². The fourth-order valence-electron chi connectivity index (χ4n) is 7.27. The maximum absolute atomic E-state index is 13.5. The van der Waals surface area contributed by atoms with Crippen molar-refractivity contribution in [3.63, 3.8) is 0 Å². The van der Waals surface area contributed by atoms with Crippen molar-refractivity contribution >= 4 is 17.7 Å². The highest BCUT2D eigenvalue weighted by atomic mass is 16.6. The molecule has 2 amide bonds. The van der Waals surface area contributed by atoms with Crippen molar-refractivity contribution in [1.29, 1.82) is 0 Å². The van der Waals surface area contributed by atoms with Crippen LogP contribution in [0.15, 0.2) is 67.3 Å². The molecule has 3 fully saturated rings. The van der Waals surface area contributed by atoms with Gasteiger partial charge in [-0.15, -0.1) is 6.58 Å². The lowest BCUT2D eigenvalue weighted by Crippen LogP contribution is -2.50. The van der Waals surface area contributed by atoms with Crippen LogP contribution in [0.25, 0.3) is 0 Å². The van der Waals surface area contributed by atoms with Crippen molar-refractivity contribution in [2.24, 2.45) is 11.8 Å². The molecule has 5 rings (SSSR count). The zero-order chi connectivity index (χ0) is 31.1. The Balaban J connectivity index is 1.21. The molecule has 3 aliphatic rings. The zero-order valence-corrected chi connectivity index (χ0v) is 25.6. The monoisotopic (exact) mass is 604 g/mol. The summed E-state index contributed by atoms with van der Waals surface area (Å²) in [6.45, 7) is 7.94. The molecule has 1 aliphatic carbocycles. The van der Waals surface area contributed by atoms with Gasteiger partial charge in [0.15, 0.2) is 0 Å². The number of rotatable bonds is 11. The lowest BCUT2D eigenvalue weighted by Gasteiger charge is -2.41. The van der Waals surface area contributed by atoms with Crippen LogP contribution in [-0.4, -0.2) is 84.0 Å². The summed E-state index contributed by atoms with van der Waals surface area (Å²) in [6, 6.07) is 16.3. The molecule has 0 bridgehead atoms. The fourth-order valence-corrected chi connectivity index (χ4v) is 7.27. The van der Waals surface area contributed by atoms with Crippen LogP contribution in [0.1, 0.15) is 49.7 Å². The topological polar surface area (TPSA) is 105 Å². The maximum Gasteiger partial charge on any atom is 0.410 e. The molecule has 10 heteroatoms. The number of likely N-dealkylation sites (tertiary alicyclic amines) is 2. The van der Waals surface area contributed by atoms with Gasteiger partial charge in [0.1, 0.15) is 12.2 Å². The lowest BCUT2D eigenvalue weighted by atomic mass is 9.83. The minimum Gasteiger partial charge on any atom is -0.445 e. The molecule has 2 heterocycles. The van der Waals surface area contributed by atoms with E-state index in [1.165, 1.54) is 12.1 Å². The number of hydrogen-bond acceptors (Lipinski definition) is 7. The summed E-state index contributed by atoms with van der Waals surface area (Å²) in [7, 11) is 1.77. The molecule has 0 N–H and O–H groups in total. The number of carbonyl (C=O) groups excluding carboxylic acids is 2. The summed E-state index contributed by atoms with van der Waals surface area (Å²) in [5.41, 5.74) is 1.23. The lowest BCUT2D eigenvalue weighted by molar-refractivity contribution is -0.384. The smallest absolute Gasteiger partial charge is 0.410 e. The van der Waals surface area contributed by atoms with Crippen LogP contribution >= 0.6 is 0 Å². The quantitative estimate of drug-likeness (QED) is 0.193. The Hall–Kier alpha value is -3.76. The summed E-state index contributed by atoms with van der Waals surface area (Å²) in [5, 5.41) is 10.9. The van der Waals surface area contributed by atoms with Crippen LogP contribution in [0.5, 0.6) is 0 Å². The van der Waals surface area contributed by atoms with Crippen LogP contribution in [0, 0.1) is 22.0 Å². The van der Waals surface area contributed by atoms with Gasteiger partial charge in [-0.25, -0.2) is 4.79 Å². The van der Waals surface area contributed by atoms with Crippen molar-refractivity contribution in [3.8, 4) is 0 Å². The van der Waals surface area contributed by atoms with Gasteiger partial charge >= 0.3 is 6.09 Å². The molecule has 2 aliphatic heterocycles. The molecule has 2 atom stereocenters. The van der Waals surface area contributed by atoms with Gasteiger partial charge in [-0.2, -0.15) is 0 Å². The van der Waals surface area contributed by atoms with Gasteiger partial charge in [0.05, 0.1) is 11.5 Å². The molecule has 0 spiro atoms. The molecule has 236 valence electrons. The number of non-ortho nitro benzene ring substituents is 1. The van der Waals surface area contributed by atoms with Crippen LogP contribution in [0.4, 0.5) is 10.5 Å². The summed E-state index contributed by atoms with van der Waals surface area (Å²) < 4.78 is 12.0. The first-order chi connectivity index (χ1) is 21.3. The van der Waals surface area contributed by atoms with E-state index in [1.807, 2.05) is 18.2 Å². The average molecular weight is 605 g/mol. The normalized spacial score (nSPS) is 23.0. The van der Waals surface area contributed by atoms with Gasteiger partial charge < -0.3 is 24.2 Å². The maximum atomic E-state index is 13.5. The number of nitro benzene ring substituents is 1.